The zero-order chi connectivity index (χ0) is 33.4. The molecule has 3 rings (SSSR count). The van der Waals surface area contributed by atoms with Crippen molar-refractivity contribution in [2.45, 2.75) is 92.8 Å². The molecule has 3 aromatic rings. The maximum atomic E-state index is 12.9. The summed E-state index contributed by atoms with van der Waals surface area (Å²) in [5.41, 5.74) is 2.17. The van der Waals surface area contributed by atoms with Crippen molar-refractivity contribution in [2.24, 2.45) is 5.92 Å². The zero-order valence-corrected chi connectivity index (χ0v) is 27.6. The monoisotopic (exact) mass is 725 g/mol. The van der Waals surface area contributed by atoms with E-state index >= 15 is 0 Å². The summed E-state index contributed by atoms with van der Waals surface area (Å²) < 4.78 is 48.6. The van der Waals surface area contributed by atoms with Crippen LogP contribution < -0.4 is 10.1 Å². The molecule has 1 amide bonds. The Morgan fingerprint density at radius 2 is 1.26 bits per heavy atom. The van der Waals surface area contributed by atoms with Gasteiger partial charge in [-0.25, -0.2) is 0 Å². The van der Waals surface area contributed by atoms with E-state index in [4.69, 9.17) is 14.2 Å². The van der Waals surface area contributed by atoms with E-state index < -0.39 is 38.7 Å². The summed E-state index contributed by atoms with van der Waals surface area (Å²) in [5.74, 6) is -1.93. The van der Waals surface area contributed by atoms with E-state index in [1.165, 1.54) is 38.8 Å². The topological polar surface area (TPSA) is 145 Å². The molecule has 0 bridgehead atoms. The second-order valence-electron chi connectivity index (χ2n) is 10.5. The van der Waals surface area contributed by atoms with Crippen LogP contribution in [0.25, 0.3) is 0 Å². The summed E-state index contributed by atoms with van der Waals surface area (Å²) in [6.07, 6.45) is 2.73. The van der Waals surface area contributed by atoms with Gasteiger partial charge < -0.3 is 19.5 Å². The van der Waals surface area contributed by atoms with Gasteiger partial charge in [0, 0.05) is 26.7 Å². The fraction of sp³-hybridized carbons (Fsp3) is 0.447. The molecule has 0 fully saturated rings. The van der Waals surface area contributed by atoms with E-state index in [0.717, 1.165) is 24.5 Å². The number of carbonyl (C=O) groups is 3. The van der Waals surface area contributed by atoms with Gasteiger partial charge in [0.2, 0.25) is 5.91 Å². The maximum absolute atomic E-state index is 12.9. The van der Waals surface area contributed by atoms with E-state index in [0.29, 0.717) is 19.3 Å². The highest BCUT2D eigenvalue weighted by Crippen LogP contribution is 2.28. The Morgan fingerprint density at radius 1 is 0.760 bits per heavy atom. The van der Waals surface area contributed by atoms with E-state index in [-0.39, 0.29) is 57.7 Å². The molecule has 3 unspecified atom stereocenters. The number of nitrogens with one attached hydrogen (secondary N) is 1. The molecule has 0 radical (unpaired) electrons. The predicted octanol–water partition coefficient (Wildman–Crippen LogP) is 8.04. The first-order valence-electron chi connectivity index (χ1n) is 14.5. The molecule has 2 N–H and O–H groups in total. The smallest absolute Gasteiger partial charge is 0.296 e. The number of aryl methyl sites for hydroxylation is 2. The van der Waals surface area contributed by atoms with E-state index in [2.05, 4.69) is 17.4 Å². The molecule has 12 heteroatoms. The number of anilines is 1. The molecule has 0 aliphatic carbocycles. The molecule has 10 nitrogen and oxygen atoms in total. The summed E-state index contributed by atoms with van der Waals surface area (Å²) in [6.45, 7) is 2.88. The quantitative estimate of drug-likeness (QED) is 0.111. The number of halogens is 1. The predicted molar refractivity (Wildman–Crippen MR) is 201 cm³/mol. The van der Waals surface area contributed by atoms with Gasteiger partial charge in [-0.1, -0.05) is 90.4 Å². The number of hydrogen-bond donors (Lipinski definition) is 2. The van der Waals surface area contributed by atoms with Crippen molar-refractivity contribution in [3.63, 3.8) is 0 Å². The van der Waals surface area contributed by atoms with Gasteiger partial charge in [0.25, 0.3) is 10.1 Å². The summed E-state index contributed by atoms with van der Waals surface area (Å²) >= 11 is 0. The van der Waals surface area contributed by atoms with E-state index in [9.17, 15) is 27.4 Å². The fourth-order valence-corrected chi connectivity index (χ4v) is 5.40. The van der Waals surface area contributed by atoms with Crippen LogP contribution in [-0.4, -0.2) is 64.0 Å². The lowest BCUT2D eigenvalue weighted by Gasteiger charge is -2.24. The number of rotatable bonds is 16. The van der Waals surface area contributed by atoms with Gasteiger partial charge in [-0.2, -0.15) is 8.42 Å². The first-order valence-corrected chi connectivity index (χ1v) is 15.9. The number of amides is 1. The van der Waals surface area contributed by atoms with Crippen molar-refractivity contribution in [3.05, 3.63) is 90.0 Å². The molecule has 50 heavy (non-hydrogen) atoms. The van der Waals surface area contributed by atoms with Crippen LogP contribution in [0, 0.1) is 5.92 Å². The van der Waals surface area contributed by atoms with Crippen LogP contribution in [0.2, 0.25) is 0 Å². The lowest BCUT2D eigenvalue weighted by molar-refractivity contribution is -0.135. The minimum absolute atomic E-state index is 0. The van der Waals surface area contributed by atoms with Gasteiger partial charge in [-0.15, -0.1) is 0 Å². The number of ether oxygens (including phenoxy) is 3. The number of methoxy groups -OCH3 is 3. The third-order valence-corrected chi connectivity index (χ3v) is 8.02. The minimum Gasteiger partial charge on any atom is -0.497 e. The second kappa shape index (κ2) is 26.8. The van der Waals surface area contributed by atoms with Crippen LogP contribution in [-0.2, 0) is 46.8 Å². The molecule has 0 saturated carbocycles. The third kappa shape index (κ3) is 18.1. The van der Waals surface area contributed by atoms with Gasteiger partial charge in [-0.3, -0.25) is 23.6 Å². The van der Waals surface area contributed by atoms with Gasteiger partial charge in [-0.05, 0) is 62.8 Å². The lowest BCUT2D eigenvalue weighted by Crippen LogP contribution is -2.39. The molecular weight excluding hydrogens is 665 g/mol. The Labute approximate surface area is 300 Å². The largest absolute Gasteiger partial charge is 0.497 e. The van der Waals surface area contributed by atoms with Crippen molar-refractivity contribution in [1.29, 1.82) is 0 Å². The molecule has 0 saturated heterocycles. The average molecular weight is 726 g/mol. The Morgan fingerprint density at radius 3 is 1.66 bits per heavy atom. The van der Waals surface area contributed by atoms with Gasteiger partial charge in [0.1, 0.15) is 28.1 Å². The zero-order valence-electron chi connectivity index (χ0n) is 26.8. The highest BCUT2D eigenvalue weighted by Gasteiger charge is 2.33. The standard InChI is InChI=1S/C21H25NO7S.C13H18O2.4CH4.FH/c1-14(23)20(18(29-3)12-9-15-7-5-4-6-8-15)21(24)22-17-11-10-16(28-2)13-19(17)30(25,26)27;1-11(14)10-13(15-2)9-8-12-6-4-3-5-7-12;;;;;/h4-8,10-11,13,18,20H,9,12H2,1-3H3,(H,22,24)(H,25,26,27);3-7,13H,8-10H2,1-2H3;4*1H4;1H. The van der Waals surface area contributed by atoms with Crippen LogP contribution in [0.15, 0.2) is 83.8 Å². The Balaban J connectivity index is -0.000000455. The van der Waals surface area contributed by atoms with Gasteiger partial charge in [0.05, 0.1) is 25.0 Å². The lowest BCUT2D eigenvalue weighted by atomic mass is 9.92. The van der Waals surface area contributed by atoms with E-state index in [1.807, 2.05) is 48.5 Å². The molecule has 284 valence electrons. The van der Waals surface area contributed by atoms with Crippen molar-refractivity contribution in [2.75, 3.05) is 26.6 Å². The highest BCUT2D eigenvalue weighted by molar-refractivity contribution is 7.86. The Hall–Kier alpha value is -3.97. The normalized spacial score (nSPS) is 11.7. The molecule has 0 spiro atoms. The number of Topliss-reactive ketones (excluding diaryl/α,β-unsaturated/α-hetero) is 2. The Kier molecular flexibility index (Phi) is 28.4. The van der Waals surface area contributed by atoms with Crippen LogP contribution in [0.5, 0.6) is 5.75 Å². The molecular formula is C38H60FNO9S. The molecule has 3 aromatic carbocycles. The number of benzene rings is 3. The second-order valence-corrected chi connectivity index (χ2v) is 11.9. The number of carbonyl (C=O) groups excluding carboxylic acids is 3. The summed E-state index contributed by atoms with van der Waals surface area (Å²) in [5, 5.41) is 2.43. The van der Waals surface area contributed by atoms with Crippen molar-refractivity contribution < 1.29 is 46.3 Å². The van der Waals surface area contributed by atoms with Crippen LogP contribution in [0.1, 0.15) is 73.9 Å². The van der Waals surface area contributed by atoms with Gasteiger partial charge in [0.15, 0.2) is 0 Å². The van der Waals surface area contributed by atoms with Crippen molar-refractivity contribution >= 4 is 33.3 Å². The fourth-order valence-electron chi connectivity index (χ4n) is 4.74. The maximum Gasteiger partial charge on any atom is 0.296 e. The highest BCUT2D eigenvalue weighted by atomic mass is 32.2. The number of hydrogen-bond acceptors (Lipinski definition) is 8. The molecule has 0 aliphatic rings. The Bertz CT molecular complexity index is 1490. The van der Waals surface area contributed by atoms with Crippen molar-refractivity contribution in [3.8, 4) is 5.75 Å². The molecule has 3 atom stereocenters. The average Bonchev–Trinajstić information content (AvgIpc) is 3.01. The third-order valence-electron chi connectivity index (χ3n) is 7.13. The van der Waals surface area contributed by atoms with Gasteiger partial charge >= 0.3 is 0 Å². The molecule has 0 aromatic heterocycles. The summed E-state index contributed by atoms with van der Waals surface area (Å²) in [6, 6.07) is 23.6. The first kappa shape index (κ1) is 52.8. The summed E-state index contributed by atoms with van der Waals surface area (Å²) in [4.78, 5) is 35.5. The molecule has 0 aliphatic heterocycles. The molecule has 0 heterocycles. The van der Waals surface area contributed by atoms with Crippen LogP contribution in [0.3, 0.4) is 0 Å². The minimum atomic E-state index is -4.64. The summed E-state index contributed by atoms with van der Waals surface area (Å²) in [7, 11) is -0.226. The van der Waals surface area contributed by atoms with Crippen LogP contribution >= 0.6 is 0 Å². The van der Waals surface area contributed by atoms with Crippen LogP contribution in [0.4, 0.5) is 10.4 Å². The van der Waals surface area contributed by atoms with E-state index in [1.54, 1.807) is 14.0 Å². The van der Waals surface area contributed by atoms with Crippen molar-refractivity contribution in [1.82, 2.24) is 0 Å². The number of ketones is 2. The SMILES string of the molecule is C.C.C.C.COC(CCc1ccccc1)CC(C)=O.COc1ccc(NC(=O)C(C(C)=O)C(CCc2ccccc2)OC)c(S(=O)(=O)O)c1.F. The first-order chi connectivity index (χ1) is 21.4.